The van der Waals surface area contributed by atoms with Gasteiger partial charge in [-0.3, -0.25) is 9.59 Å². The van der Waals surface area contributed by atoms with Gasteiger partial charge in [-0.05, 0) is 41.8 Å². The number of hydrogen-bond donors (Lipinski definition) is 1. The average Bonchev–Trinajstić information content (AvgIpc) is 2.78. The summed E-state index contributed by atoms with van der Waals surface area (Å²) in [6.45, 7) is 0.563. The predicted octanol–water partition coefficient (Wildman–Crippen LogP) is 4.77. The highest BCUT2D eigenvalue weighted by molar-refractivity contribution is 8.04. The third kappa shape index (κ3) is 4.47. The van der Waals surface area contributed by atoms with Gasteiger partial charge in [0, 0.05) is 24.1 Å². The first-order valence-corrected chi connectivity index (χ1v) is 10.6. The van der Waals surface area contributed by atoms with Gasteiger partial charge in [0.05, 0.1) is 10.6 Å². The van der Waals surface area contributed by atoms with Gasteiger partial charge in [0.2, 0.25) is 0 Å². The Morgan fingerprint density at radius 2 is 1.70 bits per heavy atom. The van der Waals surface area contributed by atoms with E-state index in [1.54, 1.807) is 18.0 Å². The van der Waals surface area contributed by atoms with E-state index in [0.29, 0.717) is 17.0 Å². The lowest BCUT2D eigenvalue weighted by Crippen LogP contribution is -2.31. The van der Waals surface area contributed by atoms with E-state index in [1.165, 1.54) is 17.3 Å². The Bertz CT molecular complexity index is 1090. The first-order chi connectivity index (χ1) is 14.6. The molecule has 1 N–H and O–H groups in total. The maximum Gasteiger partial charge on any atom is 0.264 e. The Kier molecular flexibility index (Phi) is 6.00. The zero-order valence-corrected chi connectivity index (χ0v) is 17.5. The second kappa shape index (κ2) is 9.01. The third-order valence-corrected chi connectivity index (χ3v) is 6.03. The van der Waals surface area contributed by atoms with Crippen LogP contribution in [0.4, 0.5) is 5.69 Å². The second-order valence-corrected chi connectivity index (χ2v) is 8.14. The van der Waals surface area contributed by atoms with Crippen molar-refractivity contribution in [3.63, 3.8) is 0 Å². The fraction of sp³-hybridized carbons (Fsp3) is 0.120. The van der Waals surface area contributed by atoms with Gasteiger partial charge in [0.15, 0.2) is 0 Å². The van der Waals surface area contributed by atoms with E-state index in [2.05, 4.69) is 5.32 Å². The summed E-state index contributed by atoms with van der Waals surface area (Å²) in [6, 6.07) is 25.4. The fourth-order valence-electron chi connectivity index (χ4n) is 3.30. The lowest BCUT2D eigenvalue weighted by molar-refractivity contribution is -0.114. The summed E-state index contributed by atoms with van der Waals surface area (Å²) < 4.78 is 0. The molecule has 5 heteroatoms. The van der Waals surface area contributed by atoms with Crippen molar-refractivity contribution in [1.82, 2.24) is 5.32 Å². The van der Waals surface area contributed by atoms with Crippen LogP contribution in [0.1, 0.15) is 21.5 Å². The standard InChI is InChI=1S/C25H22N2O2S/c1-27-21-17-20(24(28)26-15-14-18-8-4-2-5-9-18)12-13-22(21)30-23(25(27)29)16-19-10-6-3-7-11-19/h2-13,16-17H,14-15H2,1H3,(H,26,28). The summed E-state index contributed by atoms with van der Waals surface area (Å²) in [7, 11) is 1.75. The first-order valence-electron chi connectivity index (χ1n) is 9.80. The minimum atomic E-state index is -0.134. The summed E-state index contributed by atoms with van der Waals surface area (Å²) in [5.41, 5.74) is 3.48. The highest BCUT2D eigenvalue weighted by atomic mass is 32.2. The molecule has 0 unspecified atom stereocenters. The molecule has 0 bridgehead atoms. The number of nitrogens with one attached hydrogen (secondary N) is 1. The number of likely N-dealkylation sites (N-methyl/N-ethyl adjacent to an activating group) is 1. The van der Waals surface area contributed by atoms with Crippen molar-refractivity contribution in [3.8, 4) is 0 Å². The quantitative estimate of drug-likeness (QED) is 0.612. The molecule has 0 spiro atoms. The molecule has 4 nitrogen and oxygen atoms in total. The van der Waals surface area contributed by atoms with Crippen molar-refractivity contribution in [2.24, 2.45) is 0 Å². The van der Waals surface area contributed by atoms with Crippen LogP contribution in [-0.4, -0.2) is 25.4 Å². The Morgan fingerprint density at radius 1 is 1.00 bits per heavy atom. The van der Waals surface area contributed by atoms with E-state index in [9.17, 15) is 9.59 Å². The Morgan fingerprint density at radius 3 is 2.43 bits per heavy atom. The molecular formula is C25H22N2O2S. The summed E-state index contributed by atoms with van der Waals surface area (Å²) in [4.78, 5) is 28.7. The second-order valence-electron chi connectivity index (χ2n) is 7.06. The van der Waals surface area contributed by atoms with Crippen molar-refractivity contribution >= 4 is 35.3 Å². The van der Waals surface area contributed by atoms with E-state index in [1.807, 2.05) is 78.9 Å². The fourth-order valence-corrected chi connectivity index (χ4v) is 4.40. The van der Waals surface area contributed by atoms with Crippen LogP contribution in [0.5, 0.6) is 0 Å². The lowest BCUT2D eigenvalue weighted by Gasteiger charge is -2.27. The maximum absolute atomic E-state index is 12.8. The van der Waals surface area contributed by atoms with E-state index in [4.69, 9.17) is 0 Å². The number of nitrogens with zero attached hydrogens (tertiary/aromatic N) is 1. The molecule has 0 saturated carbocycles. The van der Waals surface area contributed by atoms with Crippen molar-refractivity contribution in [1.29, 1.82) is 0 Å². The summed E-state index contributed by atoms with van der Waals surface area (Å²) >= 11 is 1.44. The van der Waals surface area contributed by atoms with Crippen LogP contribution in [0.25, 0.3) is 6.08 Å². The van der Waals surface area contributed by atoms with E-state index in [-0.39, 0.29) is 11.8 Å². The van der Waals surface area contributed by atoms with Crippen LogP contribution in [0.2, 0.25) is 0 Å². The molecule has 0 saturated heterocycles. The molecule has 1 aliphatic rings. The number of anilines is 1. The average molecular weight is 415 g/mol. The molecule has 0 atom stereocenters. The number of benzene rings is 3. The Hall–Kier alpha value is -3.31. The molecule has 4 rings (SSSR count). The minimum Gasteiger partial charge on any atom is -0.352 e. The highest BCUT2D eigenvalue weighted by Gasteiger charge is 2.27. The molecule has 3 aromatic rings. The molecule has 30 heavy (non-hydrogen) atoms. The molecule has 1 aliphatic heterocycles. The Balaban J connectivity index is 1.48. The van der Waals surface area contributed by atoms with Crippen LogP contribution in [0.15, 0.2) is 88.7 Å². The number of hydrogen-bond acceptors (Lipinski definition) is 3. The molecule has 0 aromatic heterocycles. The predicted molar refractivity (Wildman–Crippen MR) is 123 cm³/mol. The molecule has 150 valence electrons. The van der Waals surface area contributed by atoms with Gasteiger partial charge in [0.1, 0.15) is 0 Å². The monoisotopic (exact) mass is 414 g/mol. The molecule has 2 amide bonds. The summed E-state index contributed by atoms with van der Waals surface area (Å²) in [5, 5.41) is 2.96. The topological polar surface area (TPSA) is 49.4 Å². The molecule has 0 aliphatic carbocycles. The van der Waals surface area contributed by atoms with Gasteiger partial charge < -0.3 is 10.2 Å². The van der Waals surface area contributed by atoms with Gasteiger partial charge in [-0.25, -0.2) is 0 Å². The lowest BCUT2D eigenvalue weighted by atomic mass is 10.1. The van der Waals surface area contributed by atoms with Gasteiger partial charge in [-0.15, -0.1) is 0 Å². The number of thioether (sulfide) groups is 1. The minimum absolute atomic E-state index is 0.0713. The van der Waals surface area contributed by atoms with Crippen molar-refractivity contribution in [3.05, 3.63) is 100 Å². The van der Waals surface area contributed by atoms with Crippen LogP contribution in [-0.2, 0) is 11.2 Å². The SMILES string of the molecule is CN1C(=O)C(=Cc2ccccc2)Sc2ccc(C(=O)NCCc3ccccc3)cc21. The number of carbonyl (C=O) groups is 2. The third-order valence-electron chi connectivity index (χ3n) is 4.96. The van der Waals surface area contributed by atoms with Crippen LogP contribution < -0.4 is 10.2 Å². The van der Waals surface area contributed by atoms with E-state index >= 15 is 0 Å². The molecule has 3 aromatic carbocycles. The summed E-state index contributed by atoms with van der Waals surface area (Å²) in [6.07, 6.45) is 2.68. The van der Waals surface area contributed by atoms with E-state index < -0.39 is 0 Å². The zero-order chi connectivity index (χ0) is 20.9. The van der Waals surface area contributed by atoms with Crippen LogP contribution >= 0.6 is 11.8 Å². The zero-order valence-electron chi connectivity index (χ0n) is 16.7. The molecular weight excluding hydrogens is 392 g/mol. The smallest absolute Gasteiger partial charge is 0.264 e. The largest absolute Gasteiger partial charge is 0.352 e. The molecule has 0 fully saturated rings. The maximum atomic E-state index is 12.8. The van der Waals surface area contributed by atoms with Crippen molar-refractivity contribution in [2.45, 2.75) is 11.3 Å². The van der Waals surface area contributed by atoms with Crippen LogP contribution in [0, 0.1) is 0 Å². The highest BCUT2D eigenvalue weighted by Crippen LogP contribution is 2.41. The van der Waals surface area contributed by atoms with Crippen LogP contribution in [0.3, 0.4) is 0 Å². The van der Waals surface area contributed by atoms with Crippen molar-refractivity contribution < 1.29 is 9.59 Å². The van der Waals surface area contributed by atoms with E-state index in [0.717, 1.165) is 22.6 Å². The van der Waals surface area contributed by atoms with Gasteiger partial charge >= 0.3 is 0 Å². The number of amides is 2. The normalized spacial score (nSPS) is 14.5. The summed E-state index contributed by atoms with van der Waals surface area (Å²) in [5.74, 6) is -0.205. The first kappa shape index (κ1) is 20.0. The Labute approximate surface area is 180 Å². The van der Waals surface area contributed by atoms with Gasteiger partial charge in [-0.2, -0.15) is 0 Å². The van der Waals surface area contributed by atoms with Crippen molar-refractivity contribution in [2.75, 3.05) is 18.5 Å². The van der Waals surface area contributed by atoms with Gasteiger partial charge in [-0.1, -0.05) is 72.4 Å². The molecule has 1 heterocycles. The molecule has 0 radical (unpaired) electrons. The number of rotatable bonds is 5. The number of carbonyl (C=O) groups excluding carboxylic acids is 2. The number of fused-ring (bicyclic) bond motifs is 1. The van der Waals surface area contributed by atoms with Gasteiger partial charge in [0.25, 0.3) is 11.8 Å².